The lowest BCUT2D eigenvalue weighted by Crippen LogP contribution is -2.32. The van der Waals surface area contributed by atoms with Crippen LogP contribution in [0.5, 0.6) is 0 Å². The molecule has 0 amide bonds. The molecule has 0 aromatic carbocycles. The van der Waals surface area contributed by atoms with Crippen LogP contribution in [0.2, 0.25) is 0 Å². The van der Waals surface area contributed by atoms with Crippen molar-refractivity contribution in [3.8, 4) is 11.3 Å². The van der Waals surface area contributed by atoms with E-state index >= 15 is 0 Å². The van der Waals surface area contributed by atoms with Gasteiger partial charge in [0, 0.05) is 21.9 Å². The summed E-state index contributed by atoms with van der Waals surface area (Å²) in [5.74, 6) is 0.499. The zero-order chi connectivity index (χ0) is 15.8. The third-order valence-corrected chi connectivity index (χ3v) is 6.23. The zero-order valence-corrected chi connectivity index (χ0v) is 14.5. The van der Waals surface area contributed by atoms with Gasteiger partial charge < -0.3 is 4.52 Å². The topological polar surface area (TPSA) is 72.2 Å². The maximum atomic E-state index is 12.7. The van der Waals surface area contributed by atoms with Gasteiger partial charge in [0.1, 0.15) is 4.90 Å². The molecule has 1 atom stereocenters. The van der Waals surface area contributed by atoms with Gasteiger partial charge in [0.2, 0.25) is 10.0 Å². The summed E-state index contributed by atoms with van der Waals surface area (Å²) in [6.07, 6.45) is 0.734. The average molecular weight is 328 g/mol. The van der Waals surface area contributed by atoms with Gasteiger partial charge in [0.15, 0.2) is 5.76 Å². The van der Waals surface area contributed by atoms with E-state index in [1.165, 1.54) is 11.3 Å². The molecule has 2 rings (SSSR count). The lowest BCUT2D eigenvalue weighted by Gasteiger charge is -2.13. The van der Waals surface area contributed by atoms with Gasteiger partial charge in [0.25, 0.3) is 0 Å². The molecule has 0 fully saturated rings. The van der Waals surface area contributed by atoms with Gasteiger partial charge in [-0.25, -0.2) is 13.1 Å². The summed E-state index contributed by atoms with van der Waals surface area (Å²) in [6.45, 7) is 9.32. The van der Waals surface area contributed by atoms with Crippen LogP contribution in [0.25, 0.3) is 11.3 Å². The predicted octanol–water partition coefficient (Wildman–Crippen LogP) is 3.41. The Labute approximate surface area is 129 Å². The van der Waals surface area contributed by atoms with E-state index in [1.54, 1.807) is 6.07 Å². The van der Waals surface area contributed by atoms with Crippen LogP contribution in [0.1, 0.15) is 35.7 Å². The van der Waals surface area contributed by atoms with Crippen molar-refractivity contribution in [1.29, 1.82) is 0 Å². The van der Waals surface area contributed by atoms with Crippen molar-refractivity contribution in [2.45, 2.75) is 52.0 Å². The van der Waals surface area contributed by atoms with Crippen LogP contribution >= 0.6 is 11.3 Å². The Morgan fingerprint density at radius 1 is 1.33 bits per heavy atom. The maximum absolute atomic E-state index is 12.7. The number of nitrogens with one attached hydrogen (secondary N) is 1. The van der Waals surface area contributed by atoms with Gasteiger partial charge in [-0.2, -0.15) is 0 Å². The minimum Gasteiger partial charge on any atom is -0.356 e. The van der Waals surface area contributed by atoms with Crippen LogP contribution in [0.3, 0.4) is 0 Å². The zero-order valence-electron chi connectivity index (χ0n) is 12.9. The van der Waals surface area contributed by atoms with Gasteiger partial charge in [-0.05, 0) is 34.1 Å². The molecule has 2 aromatic rings. The van der Waals surface area contributed by atoms with Crippen LogP contribution in [0.15, 0.2) is 15.5 Å². The molecule has 5 nitrogen and oxygen atoms in total. The summed E-state index contributed by atoms with van der Waals surface area (Å²) >= 11 is 1.45. The molecule has 2 aromatic heterocycles. The van der Waals surface area contributed by atoms with E-state index < -0.39 is 10.0 Å². The second-order valence-electron chi connectivity index (χ2n) is 5.18. The van der Waals surface area contributed by atoms with Crippen molar-refractivity contribution in [1.82, 2.24) is 9.88 Å². The molecular weight excluding hydrogens is 308 g/mol. The molecule has 0 spiro atoms. The Hall–Kier alpha value is -1.18. The first-order valence-electron chi connectivity index (χ1n) is 6.82. The highest BCUT2D eigenvalue weighted by Crippen LogP contribution is 2.39. The quantitative estimate of drug-likeness (QED) is 0.913. The fourth-order valence-electron chi connectivity index (χ4n) is 2.16. The van der Waals surface area contributed by atoms with Gasteiger partial charge in [-0.3, -0.25) is 0 Å². The summed E-state index contributed by atoms with van der Waals surface area (Å²) in [6, 6.07) is 1.65. The molecular formula is C14H20N2O3S2. The molecule has 0 saturated carbocycles. The highest BCUT2D eigenvalue weighted by atomic mass is 32.2. The Kier molecular flexibility index (Phi) is 4.55. The first kappa shape index (κ1) is 16.2. The highest BCUT2D eigenvalue weighted by molar-refractivity contribution is 7.89. The normalized spacial score (nSPS) is 13.6. The first-order chi connectivity index (χ1) is 9.76. The fraction of sp³-hybridized carbons (Fsp3) is 0.500. The van der Waals surface area contributed by atoms with Gasteiger partial charge >= 0.3 is 0 Å². The number of aryl methyl sites for hydroxylation is 3. The van der Waals surface area contributed by atoms with E-state index in [9.17, 15) is 8.42 Å². The molecule has 1 N–H and O–H groups in total. The van der Waals surface area contributed by atoms with Crippen molar-refractivity contribution >= 4 is 21.4 Å². The molecule has 2 heterocycles. The number of sulfonamides is 1. The predicted molar refractivity (Wildman–Crippen MR) is 84.1 cm³/mol. The Bertz CT molecular complexity index is 744. The van der Waals surface area contributed by atoms with Crippen molar-refractivity contribution in [3.05, 3.63) is 21.5 Å². The molecule has 7 heteroatoms. The fourth-order valence-corrected chi connectivity index (χ4v) is 5.35. The number of hydrogen-bond acceptors (Lipinski definition) is 5. The summed E-state index contributed by atoms with van der Waals surface area (Å²) < 4.78 is 33.3. The number of aromatic nitrogens is 1. The minimum atomic E-state index is -3.58. The average Bonchev–Trinajstić information content (AvgIpc) is 2.92. The van der Waals surface area contributed by atoms with Crippen LogP contribution in [-0.4, -0.2) is 19.6 Å². The van der Waals surface area contributed by atoms with Crippen LogP contribution in [0.4, 0.5) is 0 Å². The van der Waals surface area contributed by atoms with Crippen LogP contribution in [0, 0.1) is 20.8 Å². The second-order valence-corrected chi connectivity index (χ2v) is 8.26. The standard InChI is InChI=1S/C14H20N2O3S2/c1-6-8(2)16-21(17,18)14-11(5)20-10(4)13(14)12-7-9(3)15-19-12/h7-8,16H,6H2,1-5H3/t8-/m1/s1. The van der Waals surface area contributed by atoms with Crippen LogP contribution < -0.4 is 4.72 Å². The van der Waals surface area contributed by atoms with E-state index in [1.807, 2.05) is 34.6 Å². The Balaban J connectivity index is 2.59. The van der Waals surface area contributed by atoms with E-state index in [-0.39, 0.29) is 6.04 Å². The summed E-state index contributed by atoms with van der Waals surface area (Å²) in [4.78, 5) is 1.97. The minimum absolute atomic E-state index is 0.112. The third-order valence-electron chi connectivity index (χ3n) is 3.32. The molecule has 0 aliphatic rings. The van der Waals surface area contributed by atoms with Crippen LogP contribution in [-0.2, 0) is 10.0 Å². The lowest BCUT2D eigenvalue weighted by molar-refractivity contribution is 0.426. The molecule has 0 aliphatic heterocycles. The van der Waals surface area contributed by atoms with E-state index in [2.05, 4.69) is 9.88 Å². The summed E-state index contributed by atoms with van der Waals surface area (Å²) in [7, 11) is -3.58. The Morgan fingerprint density at radius 3 is 2.52 bits per heavy atom. The van der Waals surface area contributed by atoms with Crippen molar-refractivity contribution in [3.63, 3.8) is 0 Å². The molecule has 0 radical (unpaired) electrons. The highest BCUT2D eigenvalue weighted by Gasteiger charge is 2.28. The van der Waals surface area contributed by atoms with Gasteiger partial charge in [-0.1, -0.05) is 12.1 Å². The molecule has 0 bridgehead atoms. The van der Waals surface area contributed by atoms with E-state index in [0.29, 0.717) is 16.2 Å². The molecule has 0 unspecified atom stereocenters. The third kappa shape index (κ3) is 3.20. The number of hydrogen-bond donors (Lipinski definition) is 1. The summed E-state index contributed by atoms with van der Waals surface area (Å²) in [5, 5.41) is 3.86. The first-order valence-corrected chi connectivity index (χ1v) is 9.12. The van der Waals surface area contributed by atoms with Crippen molar-refractivity contribution < 1.29 is 12.9 Å². The number of rotatable bonds is 5. The maximum Gasteiger partial charge on any atom is 0.242 e. The van der Waals surface area contributed by atoms with Gasteiger partial charge in [-0.15, -0.1) is 11.3 Å². The smallest absolute Gasteiger partial charge is 0.242 e. The van der Waals surface area contributed by atoms with Crippen molar-refractivity contribution in [2.24, 2.45) is 0 Å². The van der Waals surface area contributed by atoms with E-state index in [4.69, 9.17) is 4.52 Å². The summed E-state index contributed by atoms with van der Waals surface area (Å²) in [5.41, 5.74) is 1.35. The van der Waals surface area contributed by atoms with Crippen molar-refractivity contribution in [2.75, 3.05) is 0 Å². The van der Waals surface area contributed by atoms with Gasteiger partial charge in [0.05, 0.1) is 11.3 Å². The largest absolute Gasteiger partial charge is 0.356 e. The Morgan fingerprint density at radius 2 is 2.00 bits per heavy atom. The molecule has 0 saturated heterocycles. The van der Waals surface area contributed by atoms with E-state index in [0.717, 1.165) is 21.9 Å². The molecule has 0 aliphatic carbocycles. The number of thiophene rings is 1. The second kappa shape index (κ2) is 5.90. The SMILES string of the molecule is CC[C@@H](C)NS(=O)(=O)c1c(C)sc(C)c1-c1cc(C)no1. The monoisotopic (exact) mass is 328 g/mol. The molecule has 116 valence electrons. The molecule has 21 heavy (non-hydrogen) atoms. The lowest BCUT2D eigenvalue weighted by atomic mass is 10.2. The number of nitrogens with zero attached hydrogens (tertiary/aromatic N) is 1.